The predicted octanol–water partition coefficient (Wildman–Crippen LogP) is 5.00. The van der Waals surface area contributed by atoms with Crippen molar-refractivity contribution in [2.24, 2.45) is 0 Å². The molecule has 0 bridgehead atoms. The first kappa shape index (κ1) is 23.7. The van der Waals surface area contributed by atoms with E-state index < -0.39 is 0 Å². The molecule has 3 aromatic rings. The van der Waals surface area contributed by atoms with E-state index in [-0.39, 0.29) is 23.9 Å². The average molecular weight is 513 g/mol. The quantitative estimate of drug-likeness (QED) is 0.493. The van der Waals surface area contributed by atoms with Crippen LogP contribution in [0.4, 0.5) is 0 Å². The number of hydrogen-bond donors (Lipinski definition) is 0. The molecule has 2 amide bonds. The second-order valence-electron chi connectivity index (χ2n) is 9.06. The van der Waals surface area contributed by atoms with Crippen LogP contribution in [0.2, 0.25) is 10.0 Å². The van der Waals surface area contributed by atoms with Gasteiger partial charge in [0, 0.05) is 30.1 Å². The van der Waals surface area contributed by atoms with Crippen LogP contribution in [-0.2, 0) is 19.5 Å². The summed E-state index contributed by atoms with van der Waals surface area (Å²) in [5, 5.41) is 5.49. The first-order chi connectivity index (χ1) is 16.8. The fourth-order valence-corrected chi connectivity index (χ4v) is 5.25. The Balaban J connectivity index is 1.44. The SMILES string of the molecule is COc1cccc(C(C)N2CCn3nc4c(c3C2=O)CN(C(=O)c2ccc(Cl)c(Cl)c2)[C@H](C)C4)c1. The minimum Gasteiger partial charge on any atom is -0.497 e. The number of rotatable bonds is 4. The number of ether oxygens (including phenoxy) is 1. The predicted molar refractivity (Wildman–Crippen MR) is 134 cm³/mol. The summed E-state index contributed by atoms with van der Waals surface area (Å²) >= 11 is 12.2. The average Bonchev–Trinajstić information content (AvgIpc) is 3.22. The molecule has 2 aromatic carbocycles. The number of nitrogens with zero attached hydrogens (tertiary/aromatic N) is 4. The van der Waals surface area contributed by atoms with Gasteiger partial charge in [-0.05, 0) is 49.7 Å². The van der Waals surface area contributed by atoms with Gasteiger partial charge < -0.3 is 14.5 Å². The van der Waals surface area contributed by atoms with Crippen LogP contribution < -0.4 is 4.74 Å². The van der Waals surface area contributed by atoms with E-state index >= 15 is 0 Å². The zero-order chi connectivity index (χ0) is 24.9. The number of carbonyl (C=O) groups excluding carboxylic acids is 2. The molecule has 0 saturated heterocycles. The largest absolute Gasteiger partial charge is 0.497 e. The van der Waals surface area contributed by atoms with E-state index in [0.29, 0.717) is 47.4 Å². The molecule has 0 aliphatic carbocycles. The summed E-state index contributed by atoms with van der Waals surface area (Å²) in [6.07, 6.45) is 0.584. The van der Waals surface area contributed by atoms with Crippen molar-refractivity contribution in [3.05, 3.63) is 80.6 Å². The standard InChI is InChI=1S/C26H26Cl2N4O3/c1-15-11-23-20(14-31(15)25(33)18-7-8-21(27)22(28)13-18)24-26(34)30(9-10-32(24)29-23)16(2)17-5-4-6-19(12-17)35-3/h4-8,12-13,15-16H,9-11,14H2,1-3H3/t15-,16?/m1/s1. The number of fused-ring (bicyclic) bond motifs is 3. The molecule has 0 fully saturated rings. The Labute approximate surface area is 214 Å². The monoisotopic (exact) mass is 512 g/mol. The Bertz CT molecular complexity index is 1320. The zero-order valence-corrected chi connectivity index (χ0v) is 21.3. The van der Waals surface area contributed by atoms with Gasteiger partial charge in [-0.3, -0.25) is 14.3 Å². The van der Waals surface area contributed by atoms with Gasteiger partial charge >= 0.3 is 0 Å². The summed E-state index contributed by atoms with van der Waals surface area (Å²) in [7, 11) is 1.63. The topological polar surface area (TPSA) is 67.7 Å². The molecule has 1 unspecified atom stereocenters. The molecule has 0 saturated carbocycles. The second kappa shape index (κ2) is 9.21. The van der Waals surface area contributed by atoms with Crippen LogP contribution in [0.5, 0.6) is 5.75 Å². The fourth-order valence-electron chi connectivity index (χ4n) is 4.95. The Morgan fingerprint density at radius 2 is 1.94 bits per heavy atom. The summed E-state index contributed by atoms with van der Waals surface area (Å²) < 4.78 is 7.17. The van der Waals surface area contributed by atoms with Gasteiger partial charge in [-0.15, -0.1) is 0 Å². The van der Waals surface area contributed by atoms with Crippen molar-refractivity contribution in [2.75, 3.05) is 13.7 Å². The van der Waals surface area contributed by atoms with Crippen LogP contribution in [0.15, 0.2) is 42.5 Å². The molecule has 2 atom stereocenters. The first-order valence-electron chi connectivity index (χ1n) is 11.6. The third kappa shape index (κ3) is 4.17. The van der Waals surface area contributed by atoms with Crippen molar-refractivity contribution >= 4 is 35.0 Å². The number of amides is 2. The van der Waals surface area contributed by atoms with E-state index in [1.807, 2.05) is 47.7 Å². The van der Waals surface area contributed by atoms with E-state index in [1.165, 1.54) is 0 Å². The lowest BCUT2D eigenvalue weighted by Gasteiger charge is -2.35. The summed E-state index contributed by atoms with van der Waals surface area (Å²) in [5.74, 6) is 0.537. The molecule has 0 N–H and O–H groups in total. The van der Waals surface area contributed by atoms with Gasteiger partial charge in [0.25, 0.3) is 11.8 Å². The van der Waals surface area contributed by atoms with E-state index in [9.17, 15) is 9.59 Å². The van der Waals surface area contributed by atoms with Crippen LogP contribution >= 0.6 is 23.2 Å². The minimum atomic E-state index is -0.147. The molecule has 7 nitrogen and oxygen atoms in total. The highest BCUT2D eigenvalue weighted by molar-refractivity contribution is 6.42. The van der Waals surface area contributed by atoms with Gasteiger partial charge in [0.2, 0.25) is 0 Å². The Kier molecular flexibility index (Phi) is 6.23. The molecule has 5 rings (SSSR count). The maximum atomic E-state index is 13.7. The molecule has 0 radical (unpaired) electrons. The van der Waals surface area contributed by atoms with Crippen LogP contribution in [0, 0.1) is 0 Å². The van der Waals surface area contributed by atoms with Crippen LogP contribution in [-0.4, -0.2) is 51.1 Å². The van der Waals surface area contributed by atoms with Crippen molar-refractivity contribution in [2.45, 2.75) is 45.4 Å². The van der Waals surface area contributed by atoms with Gasteiger partial charge in [0.15, 0.2) is 0 Å². The summed E-state index contributed by atoms with van der Waals surface area (Å²) in [4.78, 5) is 30.7. The molecule has 2 aliphatic rings. The number of aromatic nitrogens is 2. The molecule has 0 spiro atoms. The van der Waals surface area contributed by atoms with Crippen LogP contribution in [0.25, 0.3) is 0 Å². The number of carbonyl (C=O) groups is 2. The van der Waals surface area contributed by atoms with E-state index in [2.05, 4.69) is 0 Å². The molecule has 1 aromatic heterocycles. The normalized spacial score (nSPS) is 18.2. The summed E-state index contributed by atoms with van der Waals surface area (Å²) in [5.41, 5.74) is 3.75. The van der Waals surface area contributed by atoms with Gasteiger partial charge in [0.1, 0.15) is 11.4 Å². The second-order valence-corrected chi connectivity index (χ2v) is 9.88. The third-order valence-electron chi connectivity index (χ3n) is 6.97. The molecule has 2 aliphatic heterocycles. The van der Waals surface area contributed by atoms with Gasteiger partial charge in [0.05, 0.1) is 42.0 Å². The number of methoxy groups -OCH3 is 1. The lowest BCUT2D eigenvalue weighted by molar-refractivity contribution is 0.0604. The summed E-state index contributed by atoms with van der Waals surface area (Å²) in [6.45, 7) is 5.50. The van der Waals surface area contributed by atoms with E-state index in [0.717, 1.165) is 22.6 Å². The Hall–Kier alpha value is -3.03. The van der Waals surface area contributed by atoms with E-state index in [1.54, 1.807) is 30.2 Å². The number of benzene rings is 2. The molecule has 9 heteroatoms. The molecule has 182 valence electrons. The maximum absolute atomic E-state index is 13.7. The first-order valence-corrected chi connectivity index (χ1v) is 12.3. The molecule has 3 heterocycles. The summed E-state index contributed by atoms with van der Waals surface area (Å²) in [6, 6.07) is 12.5. The molecule has 35 heavy (non-hydrogen) atoms. The van der Waals surface area contributed by atoms with Gasteiger partial charge in [-0.25, -0.2) is 0 Å². The lowest BCUT2D eigenvalue weighted by Crippen LogP contribution is -2.44. The highest BCUT2D eigenvalue weighted by atomic mass is 35.5. The Morgan fingerprint density at radius 1 is 1.14 bits per heavy atom. The third-order valence-corrected chi connectivity index (χ3v) is 7.71. The van der Waals surface area contributed by atoms with Gasteiger partial charge in [-0.2, -0.15) is 5.10 Å². The van der Waals surface area contributed by atoms with Crippen molar-refractivity contribution in [3.63, 3.8) is 0 Å². The van der Waals surface area contributed by atoms with Crippen LogP contribution in [0.1, 0.15) is 57.6 Å². The number of halogens is 2. The van der Waals surface area contributed by atoms with Crippen molar-refractivity contribution in [3.8, 4) is 5.75 Å². The number of hydrogen-bond acceptors (Lipinski definition) is 4. The fraction of sp³-hybridized carbons (Fsp3) is 0.346. The highest BCUT2D eigenvalue weighted by Gasteiger charge is 2.38. The van der Waals surface area contributed by atoms with Crippen LogP contribution in [0.3, 0.4) is 0 Å². The van der Waals surface area contributed by atoms with Crippen molar-refractivity contribution in [1.82, 2.24) is 19.6 Å². The van der Waals surface area contributed by atoms with Gasteiger partial charge in [-0.1, -0.05) is 35.3 Å². The molecular weight excluding hydrogens is 487 g/mol. The smallest absolute Gasteiger partial charge is 0.273 e. The highest BCUT2D eigenvalue weighted by Crippen LogP contribution is 2.33. The maximum Gasteiger partial charge on any atom is 0.273 e. The van der Waals surface area contributed by atoms with E-state index in [4.69, 9.17) is 33.0 Å². The zero-order valence-electron chi connectivity index (χ0n) is 19.8. The molecular formula is C26H26Cl2N4O3. The Morgan fingerprint density at radius 3 is 2.69 bits per heavy atom. The lowest BCUT2D eigenvalue weighted by atomic mass is 9.97. The minimum absolute atomic E-state index is 0.0664. The van der Waals surface area contributed by atoms with Crippen molar-refractivity contribution < 1.29 is 14.3 Å². The van der Waals surface area contributed by atoms with Crippen molar-refractivity contribution in [1.29, 1.82) is 0 Å².